The standard InChI is InChI=1S/C13H17BrFN/c1-8-6-11(15)13(14)12(9(8)2)10-4-3-5-16-7-10/h6,10,16H,3-5,7H2,1-2H3. The van der Waals surface area contributed by atoms with E-state index in [0.717, 1.165) is 30.6 Å². The molecule has 1 unspecified atom stereocenters. The van der Waals surface area contributed by atoms with Gasteiger partial charge in [0.1, 0.15) is 5.82 Å². The topological polar surface area (TPSA) is 12.0 Å². The average molecular weight is 286 g/mol. The Morgan fingerprint density at radius 1 is 1.44 bits per heavy atom. The van der Waals surface area contributed by atoms with Crippen LogP contribution in [0.25, 0.3) is 0 Å². The molecule has 1 aliphatic heterocycles. The van der Waals surface area contributed by atoms with E-state index in [1.54, 1.807) is 6.07 Å². The molecule has 1 fully saturated rings. The van der Waals surface area contributed by atoms with E-state index in [1.807, 2.05) is 6.92 Å². The van der Waals surface area contributed by atoms with Crippen LogP contribution in [0.15, 0.2) is 10.5 Å². The second-order valence-electron chi connectivity index (χ2n) is 4.57. The summed E-state index contributed by atoms with van der Waals surface area (Å²) in [5.74, 6) is 0.307. The Bertz CT molecular complexity index is 371. The van der Waals surface area contributed by atoms with Gasteiger partial charge in [-0.2, -0.15) is 0 Å². The SMILES string of the molecule is Cc1cc(F)c(Br)c(C2CCCNC2)c1C. The van der Waals surface area contributed by atoms with Crippen LogP contribution in [0.2, 0.25) is 0 Å². The van der Waals surface area contributed by atoms with E-state index in [9.17, 15) is 4.39 Å². The Hall–Kier alpha value is -0.410. The van der Waals surface area contributed by atoms with Gasteiger partial charge in [0.25, 0.3) is 0 Å². The van der Waals surface area contributed by atoms with Crippen LogP contribution in [0.3, 0.4) is 0 Å². The molecule has 1 aromatic carbocycles. The van der Waals surface area contributed by atoms with Crippen LogP contribution in [0.5, 0.6) is 0 Å². The summed E-state index contributed by atoms with van der Waals surface area (Å²) in [6, 6.07) is 1.61. The zero-order valence-corrected chi connectivity index (χ0v) is 11.3. The van der Waals surface area contributed by atoms with E-state index in [1.165, 1.54) is 12.0 Å². The average Bonchev–Trinajstić information content (AvgIpc) is 2.28. The van der Waals surface area contributed by atoms with Crippen molar-refractivity contribution in [1.82, 2.24) is 5.32 Å². The van der Waals surface area contributed by atoms with Crippen molar-refractivity contribution in [2.24, 2.45) is 0 Å². The maximum atomic E-state index is 13.7. The van der Waals surface area contributed by atoms with Gasteiger partial charge < -0.3 is 5.32 Å². The van der Waals surface area contributed by atoms with Gasteiger partial charge in [-0.3, -0.25) is 0 Å². The minimum atomic E-state index is -0.135. The number of hydrogen-bond acceptors (Lipinski definition) is 1. The summed E-state index contributed by atoms with van der Waals surface area (Å²) in [5, 5.41) is 3.38. The lowest BCUT2D eigenvalue weighted by molar-refractivity contribution is 0.456. The molecule has 0 amide bonds. The molecule has 3 heteroatoms. The number of aryl methyl sites for hydroxylation is 1. The molecule has 1 nitrogen and oxygen atoms in total. The number of hydrogen-bond donors (Lipinski definition) is 1. The lowest BCUT2D eigenvalue weighted by Gasteiger charge is -2.26. The van der Waals surface area contributed by atoms with Gasteiger partial charge in [0.2, 0.25) is 0 Å². The third-order valence-electron chi connectivity index (χ3n) is 3.49. The van der Waals surface area contributed by atoms with Gasteiger partial charge in [0, 0.05) is 6.54 Å². The van der Waals surface area contributed by atoms with Gasteiger partial charge in [-0.25, -0.2) is 4.39 Å². The summed E-state index contributed by atoms with van der Waals surface area (Å²) in [6.45, 7) is 6.11. The van der Waals surface area contributed by atoms with Crippen LogP contribution < -0.4 is 5.32 Å². The Morgan fingerprint density at radius 2 is 2.19 bits per heavy atom. The zero-order chi connectivity index (χ0) is 11.7. The van der Waals surface area contributed by atoms with E-state index >= 15 is 0 Å². The molecule has 0 aliphatic carbocycles. The van der Waals surface area contributed by atoms with Gasteiger partial charge in [0.15, 0.2) is 0 Å². The lowest BCUT2D eigenvalue weighted by Crippen LogP contribution is -2.29. The maximum Gasteiger partial charge on any atom is 0.137 e. The molecule has 1 atom stereocenters. The minimum absolute atomic E-state index is 0.135. The van der Waals surface area contributed by atoms with Crippen molar-refractivity contribution in [3.05, 3.63) is 33.0 Å². The van der Waals surface area contributed by atoms with Gasteiger partial charge >= 0.3 is 0 Å². The first kappa shape index (κ1) is 12.1. The zero-order valence-electron chi connectivity index (χ0n) is 9.74. The second kappa shape index (κ2) is 4.84. The molecule has 88 valence electrons. The van der Waals surface area contributed by atoms with E-state index < -0.39 is 0 Å². The second-order valence-corrected chi connectivity index (χ2v) is 5.36. The minimum Gasteiger partial charge on any atom is -0.316 e. The molecule has 16 heavy (non-hydrogen) atoms. The van der Waals surface area contributed by atoms with Crippen molar-refractivity contribution in [3.63, 3.8) is 0 Å². The quantitative estimate of drug-likeness (QED) is 0.830. The highest BCUT2D eigenvalue weighted by Crippen LogP contribution is 2.35. The summed E-state index contributed by atoms with van der Waals surface area (Å²) in [5.41, 5.74) is 3.42. The Balaban J connectivity index is 2.45. The highest BCUT2D eigenvalue weighted by atomic mass is 79.9. The van der Waals surface area contributed by atoms with Crippen molar-refractivity contribution in [2.45, 2.75) is 32.6 Å². The molecular weight excluding hydrogens is 269 g/mol. The molecule has 0 spiro atoms. The Kier molecular flexibility index (Phi) is 3.65. The van der Waals surface area contributed by atoms with E-state index in [0.29, 0.717) is 10.4 Å². The van der Waals surface area contributed by atoms with Crippen LogP contribution in [0.1, 0.15) is 35.4 Å². The molecule has 0 bridgehead atoms. The summed E-state index contributed by atoms with van der Waals surface area (Å²) in [4.78, 5) is 0. The lowest BCUT2D eigenvalue weighted by atomic mass is 9.87. The van der Waals surface area contributed by atoms with Crippen LogP contribution in [-0.2, 0) is 0 Å². The maximum absolute atomic E-state index is 13.7. The number of nitrogens with one attached hydrogen (secondary N) is 1. The highest BCUT2D eigenvalue weighted by molar-refractivity contribution is 9.10. The Labute approximate surface area is 105 Å². The Morgan fingerprint density at radius 3 is 2.81 bits per heavy atom. The molecule has 2 rings (SSSR count). The molecule has 0 radical (unpaired) electrons. The van der Waals surface area contributed by atoms with Crippen LogP contribution >= 0.6 is 15.9 Å². The van der Waals surface area contributed by atoms with Gasteiger partial charge in [0.05, 0.1) is 4.47 Å². The van der Waals surface area contributed by atoms with Gasteiger partial charge in [-0.05, 0) is 77.8 Å². The normalized spacial score (nSPS) is 21.1. The largest absolute Gasteiger partial charge is 0.316 e. The molecule has 0 aromatic heterocycles. The number of benzene rings is 1. The first-order chi connectivity index (χ1) is 7.61. The van der Waals surface area contributed by atoms with Crippen molar-refractivity contribution < 1.29 is 4.39 Å². The number of halogens is 2. The fraction of sp³-hybridized carbons (Fsp3) is 0.538. The fourth-order valence-corrected chi connectivity index (χ4v) is 3.19. The smallest absolute Gasteiger partial charge is 0.137 e. The third kappa shape index (κ3) is 2.16. The van der Waals surface area contributed by atoms with Gasteiger partial charge in [-0.1, -0.05) is 0 Å². The van der Waals surface area contributed by atoms with E-state index in [2.05, 4.69) is 28.2 Å². The first-order valence-corrected chi connectivity index (χ1v) is 6.56. The van der Waals surface area contributed by atoms with Crippen molar-refractivity contribution in [1.29, 1.82) is 0 Å². The molecule has 1 saturated heterocycles. The molecule has 1 aromatic rings. The van der Waals surface area contributed by atoms with Crippen molar-refractivity contribution >= 4 is 15.9 Å². The van der Waals surface area contributed by atoms with Crippen LogP contribution in [0, 0.1) is 19.7 Å². The van der Waals surface area contributed by atoms with Crippen LogP contribution in [-0.4, -0.2) is 13.1 Å². The molecular formula is C13H17BrFN. The van der Waals surface area contributed by atoms with Crippen LogP contribution in [0.4, 0.5) is 4.39 Å². The van der Waals surface area contributed by atoms with Crippen molar-refractivity contribution in [3.8, 4) is 0 Å². The predicted molar refractivity (Wildman–Crippen MR) is 68.4 cm³/mol. The van der Waals surface area contributed by atoms with E-state index in [-0.39, 0.29) is 5.82 Å². The third-order valence-corrected chi connectivity index (χ3v) is 4.30. The fourth-order valence-electron chi connectivity index (χ4n) is 2.45. The first-order valence-electron chi connectivity index (χ1n) is 5.77. The molecule has 1 heterocycles. The number of piperidine rings is 1. The van der Waals surface area contributed by atoms with E-state index in [4.69, 9.17) is 0 Å². The summed E-state index contributed by atoms with van der Waals surface area (Å²) < 4.78 is 14.4. The monoisotopic (exact) mass is 285 g/mol. The molecule has 1 aliphatic rings. The summed E-state index contributed by atoms with van der Waals surface area (Å²) in [6.07, 6.45) is 2.32. The number of rotatable bonds is 1. The summed E-state index contributed by atoms with van der Waals surface area (Å²) >= 11 is 3.40. The molecule has 0 saturated carbocycles. The van der Waals surface area contributed by atoms with Gasteiger partial charge in [-0.15, -0.1) is 0 Å². The van der Waals surface area contributed by atoms with Crippen molar-refractivity contribution in [2.75, 3.05) is 13.1 Å². The molecule has 1 N–H and O–H groups in total. The highest BCUT2D eigenvalue weighted by Gasteiger charge is 2.22. The summed E-state index contributed by atoms with van der Waals surface area (Å²) in [7, 11) is 0. The predicted octanol–water partition coefficient (Wildman–Crippen LogP) is 3.67.